The maximum absolute atomic E-state index is 10.0. The van der Waals surface area contributed by atoms with Gasteiger partial charge in [-0.3, -0.25) is 5.43 Å². The van der Waals surface area contributed by atoms with E-state index in [1.807, 2.05) is 12.1 Å². The van der Waals surface area contributed by atoms with Crippen LogP contribution in [0.5, 0.6) is 5.75 Å². The summed E-state index contributed by atoms with van der Waals surface area (Å²) in [5.41, 5.74) is 3.35. The predicted octanol–water partition coefficient (Wildman–Crippen LogP) is 2.85. The summed E-state index contributed by atoms with van der Waals surface area (Å²) in [6, 6.07) is 8.23. The van der Waals surface area contributed by atoms with Crippen LogP contribution in [0, 0.1) is 0 Å². The minimum Gasteiger partial charge on any atom is -0.491 e. The molecule has 0 aromatic heterocycles. The molecule has 0 bridgehead atoms. The molecule has 0 aliphatic carbocycles. The highest BCUT2D eigenvalue weighted by molar-refractivity contribution is 6.30. The Labute approximate surface area is 132 Å². The van der Waals surface area contributed by atoms with Crippen molar-refractivity contribution in [2.75, 3.05) is 13.2 Å². The molecular weight excluding hydrogens is 288 g/mol. The number of hydrogen-bond donors (Lipinski definition) is 2. The van der Waals surface area contributed by atoms with Crippen molar-refractivity contribution in [1.82, 2.24) is 10.4 Å². The van der Waals surface area contributed by atoms with Gasteiger partial charge in [-0.05, 0) is 44.9 Å². The summed E-state index contributed by atoms with van der Waals surface area (Å²) in [7, 11) is 0. The Morgan fingerprint density at radius 3 is 2.76 bits per heavy atom. The van der Waals surface area contributed by atoms with Crippen LogP contribution in [-0.2, 0) is 0 Å². The van der Waals surface area contributed by atoms with E-state index in [4.69, 9.17) is 16.3 Å². The van der Waals surface area contributed by atoms with Gasteiger partial charge in [0.1, 0.15) is 18.5 Å². The van der Waals surface area contributed by atoms with E-state index in [1.165, 1.54) is 19.3 Å². The van der Waals surface area contributed by atoms with Gasteiger partial charge in [-0.25, -0.2) is 5.01 Å². The van der Waals surface area contributed by atoms with Gasteiger partial charge in [0.25, 0.3) is 0 Å². The van der Waals surface area contributed by atoms with E-state index >= 15 is 0 Å². The average molecular weight is 313 g/mol. The quantitative estimate of drug-likeness (QED) is 0.848. The van der Waals surface area contributed by atoms with Gasteiger partial charge in [0, 0.05) is 23.7 Å². The van der Waals surface area contributed by atoms with E-state index in [2.05, 4.69) is 24.3 Å². The zero-order valence-electron chi connectivity index (χ0n) is 12.8. The summed E-state index contributed by atoms with van der Waals surface area (Å²) in [5, 5.41) is 12.9. The van der Waals surface area contributed by atoms with Crippen LogP contribution in [0.3, 0.4) is 0 Å². The highest BCUT2D eigenvalue weighted by atomic mass is 35.5. The van der Waals surface area contributed by atoms with Crippen LogP contribution in [-0.4, -0.2) is 41.5 Å². The highest BCUT2D eigenvalue weighted by Gasteiger charge is 2.24. The van der Waals surface area contributed by atoms with Gasteiger partial charge in [0.2, 0.25) is 0 Å². The monoisotopic (exact) mass is 312 g/mol. The van der Waals surface area contributed by atoms with Gasteiger partial charge in [0.15, 0.2) is 0 Å². The molecule has 1 aromatic rings. The third-order valence-electron chi connectivity index (χ3n) is 3.94. The molecule has 0 spiro atoms. The zero-order valence-corrected chi connectivity index (χ0v) is 13.5. The van der Waals surface area contributed by atoms with Crippen molar-refractivity contribution in [3.8, 4) is 5.75 Å². The highest BCUT2D eigenvalue weighted by Crippen LogP contribution is 2.20. The van der Waals surface area contributed by atoms with Crippen LogP contribution >= 0.6 is 11.6 Å². The minimum absolute atomic E-state index is 0.254. The molecule has 3 unspecified atom stereocenters. The molecule has 1 aliphatic rings. The topological polar surface area (TPSA) is 44.7 Å². The van der Waals surface area contributed by atoms with E-state index < -0.39 is 6.10 Å². The molecule has 2 rings (SSSR count). The Bertz CT molecular complexity index is 434. The molecule has 2 N–H and O–H groups in total. The number of aliphatic hydroxyl groups is 1. The smallest absolute Gasteiger partial charge is 0.120 e. The lowest BCUT2D eigenvalue weighted by atomic mass is 10.00. The number of rotatable bonds is 6. The first kappa shape index (κ1) is 16.6. The standard InChI is InChI=1S/C16H25ClN2O2/c1-12-5-3-6-13(2)19(12)18-10-15(20)11-21-16-8-4-7-14(17)9-16/h4,7-9,12-13,15,18,20H,3,5-6,10-11H2,1-2H3. The Morgan fingerprint density at radius 1 is 1.38 bits per heavy atom. The van der Waals surface area contributed by atoms with Crippen LogP contribution in [0.25, 0.3) is 0 Å². The maximum atomic E-state index is 10.0. The van der Waals surface area contributed by atoms with Crippen LogP contribution in [0.1, 0.15) is 33.1 Å². The normalized spacial score (nSPS) is 24.8. The fraction of sp³-hybridized carbons (Fsp3) is 0.625. The minimum atomic E-state index is -0.551. The fourth-order valence-electron chi connectivity index (χ4n) is 2.75. The van der Waals surface area contributed by atoms with Crippen molar-refractivity contribution in [2.24, 2.45) is 0 Å². The van der Waals surface area contributed by atoms with Crippen molar-refractivity contribution in [3.63, 3.8) is 0 Å². The molecule has 3 atom stereocenters. The number of hydrogen-bond acceptors (Lipinski definition) is 4. The van der Waals surface area contributed by atoms with Crippen molar-refractivity contribution in [1.29, 1.82) is 0 Å². The average Bonchev–Trinajstić information content (AvgIpc) is 2.45. The van der Waals surface area contributed by atoms with E-state index in [9.17, 15) is 5.11 Å². The van der Waals surface area contributed by atoms with E-state index in [-0.39, 0.29) is 6.61 Å². The Hall–Kier alpha value is -0.810. The molecule has 21 heavy (non-hydrogen) atoms. The lowest BCUT2D eigenvalue weighted by Gasteiger charge is -2.39. The summed E-state index contributed by atoms with van der Waals surface area (Å²) in [6.45, 7) is 5.19. The van der Waals surface area contributed by atoms with E-state index in [1.54, 1.807) is 12.1 Å². The SMILES string of the molecule is CC1CCCC(C)N1NCC(O)COc1cccc(Cl)c1. The zero-order chi connectivity index (χ0) is 15.2. The molecule has 118 valence electrons. The van der Waals surface area contributed by atoms with Crippen LogP contribution in [0.4, 0.5) is 0 Å². The van der Waals surface area contributed by atoms with Crippen molar-refractivity contribution >= 4 is 11.6 Å². The Morgan fingerprint density at radius 2 is 2.10 bits per heavy atom. The summed E-state index contributed by atoms with van der Waals surface area (Å²) < 4.78 is 5.55. The van der Waals surface area contributed by atoms with Gasteiger partial charge < -0.3 is 9.84 Å². The molecule has 1 aliphatic heterocycles. The molecule has 0 radical (unpaired) electrons. The number of nitrogens with one attached hydrogen (secondary N) is 1. The second-order valence-electron chi connectivity index (χ2n) is 5.82. The van der Waals surface area contributed by atoms with E-state index in [0.717, 1.165) is 0 Å². The molecule has 1 fully saturated rings. The van der Waals surface area contributed by atoms with Crippen molar-refractivity contribution in [3.05, 3.63) is 29.3 Å². The molecular formula is C16H25ClN2O2. The molecule has 4 nitrogen and oxygen atoms in total. The third kappa shape index (κ3) is 5.15. The first-order valence-electron chi connectivity index (χ1n) is 7.64. The number of benzene rings is 1. The molecule has 1 heterocycles. The maximum Gasteiger partial charge on any atom is 0.120 e. The number of aliphatic hydroxyl groups excluding tert-OH is 1. The van der Waals surface area contributed by atoms with E-state index in [0.29, 0.717) is 29.4 Å². The Kier molecular flexibility index (Phi) is 6.30. The van der Waals surface area contributed by atoms with Crippen molar-refractivity contribution in [2.45, 2.75) is 51.3 Å². The van der Waals surface area contributed by atoms with Gasteiger partial charge in [-0.15, -0.1) is 0 Å². The van der Waals surface area contributed by atoms with Crippen molar-refractivity contribution < 1.29 is 9.84 Å². The molecule has 1 aromatic carbocycles. The van der Waals surface area contributed by atoms with Crippen LogP contribution in [0.2, 0.25) is 5.02 Å². The summed E-state index contributed by atoms with van der Waals surface area (Å²) in [6.07, 6.45) is 3.13. The first-order valence-corrected chi connectivity index (χ1v) is 8.02. The number of ether oxygens (including phenoxy) is 1. The molecule has 5 heteroatoms. The lowest BCUT2D eigenvalue weighted by Crippen LogP contribution is -2.54. The predicted molar refractivity (Wildman–Crippen MR) is 85.6 cm³/mol. The fourth-order valence-corrected chi connectivity index (χ4v) is 2.93. The van der Waals surface area contributed by atoms with Crippen LogP contribution in [0.15, 0.2) is 24.3 Å². The Balaban J connectivity index is 1.73. The van der Waals surface area contributed by atoms with Crippen LogP contribution < -0.4 is 10.2 Å². The van der Waals surface area contributed by atoms with Gasteiger partial charge in [0.05, 0.1) is 0 Å². The summed E-state index contributed by atoms with van der Waals surface area (Å²) in [5.74, 6) is 0.682. The third-order valence-corrected chi connectivity index (χ3v) is 4.18. The van der Waals surface area contributed by atoms with Gasteiger partial charge >= 0.3 is 0 Å². The number of piperidine rings is 1. The molecule has 1 saturated heterocycles. The second kappa shape index (κ2) is 7.99. The summed E-state index contributed by atoms with van der Waals surface area (Å²) in [4.78, 5) is 0. The second-order valence-corrected chi connectivity index (χ2v) is 6.26. The number of halogens is 1. The lowest BCUT2D eigenvalue weighted by molar-refractivity contribution is 0.0171. The number of nitrogens with zero attached hydrogens (tertiary/aromatic N) is 1. The molecule has 0 saturated carbocycles. The molecule has 0 amide bonds. The largest absolute Gasteiger partial charge is 0.491 e. The first-order chi connectivity index (χ1) is 10.1. The number of hydrazine groups is 1. The van der Waals surface area contributed by atoms with Gasteiger partial charge in [-0.1, -0.05) is 24.1 Å². The summed E-state index contributed by atoms with van der Waals surface area (Å²) >= 11 is 5.89. The van der Waals surface area contributed by atoms with Gasteiger partial charge in [-0.2, -0.15) is 0 Å².